The highest BCUT2D eigenvalue weighted by Gasteiger charge is 2.10. The van der Waals surface area contributed by atoms with E-state index in [2.05, 4.69) is 25.4 Å². The maximum absolute atomic E-state index is 4.86. The minimum atomic E-state index is 0.594. The summed E-state index contributed by atoms with van der Waals surface area (Å²) >= 11 is 0. The van der Waals surface area contributed by atoms with Gasteiger partial charge in [0.05, 0.1) is 6.54 Å². The molecule has 0 saturated heterocycles. The number of aromatic nitrogens is 4. The second-order valence-corrected chi connectivity index (χ2v) is 5.20. The third-order valence-electron chi connectivity index (χ3n) is 3.52. The van der Waals surface area contributed by atoms with Crippen molar-refractivity contribution in [2.45, 2.75) is 13.1 Å². The van der Waals surface area contributed by atoms with Gasteiger partial charge in [0.25, 0.3) is 0 Å². The molecule has 1 N–H and O–H groups in total. The number of hydrogen-bond donors (Lipinski definition) is 1. The van der Waals surface area contributed by atoms with Gasteiger partial charge < -0.3 is 14.7 Å². The van der Waals surface area contributed by atoms with E-state index in [4.69, 9.17) is 4.52 Å². The summed E-state index contributed by atoms with van der Waals surface area (Å²) in [6.07, 6.45) is 8.67. The fourth-order valence-corrected chi connectivity index (χ4v) is 2.38. The molecule has 3 aromatic rings. The molecule has 124 valence electrons. The number of rotatable bonds is 5. The summed E-state index contributed by atoms with van der Waals surface area (Å²) in [4.78, 5) is 14.8. The van der Waals surface area contributed by atoms with E-state index in [1.165, 1.54) is 0 Å². The van der Waals surface area contributed by atoms with Gasteiger partial charge in [-0.05, 0) is 6.07 Å². The summed E-state index contributed by atoms with van der Waals surface area (Å²) in [5.74, 6) is 1.61. The fourth-order valence-electron chi connectivity index (χ4n) is 2.38. The molecule has 0 aliphatic rings. The van der Waals surface area contributed by atoms with E-state index in [-0.39, 0.29) is 0 Å². The molecule has 0 atom stereocenters. The number of imidazole rings is 1. The van der Waals surface area contributed by atoms with Crippen molar-refractivity contribution in [1.29, 1.82) is 0 Å². The lowest BCUT2D eigenvalue weighted by molar-refractivity contribution is 0.391. The molecule has 8 nitrogen and oxygen atoms in total. The maximum atomic E-state index is 4.86. The largest absolute Gasteiger partial charge is 0.364 e. The quantitative estimate of drug-likeness (QED) is 0.565. The third-order valence-corrected chi connectivity index (χ3v) is 3.52. The van der Waals surface area contributed by atoms with Crippen LogP contribution >= 0.6 is 0 Å². The Balaban J connectivity index is 1.68. The Labute approximate surface area is 139 Å². The van der Waals surface area contributed by atoms with E-state index in [0.717, 1.165) is 23.0 Å². The SMILES string of the molecule is CN=C(NCc1cccnc1-n1ccnc1)N(C)Cc1ccon1. The third kappa shape index (κ3) is 3.60. The van der Waals surface area contributed by atoms with Gasteiger partial charge in [0.1, 0.15) is 24.1 Å². The topological polar surface area (TPSA) is 84.4 Å². The van der Waals surface area contributed by atoms with Gasteiger partial charge in [0, 0.05) is 50.9 Å². The lowest BCUT2D eigenvalue weighted by atomic mass is 10.2. The average molecular weight is 325 g/mol. The van der Waals surface area contributed by atoms with Gasteiger partial charge in [-0.15, -0.1) is 0 Å². The number of pyridine rings is 1. The lowest BCUT2D eigenvalue weighted by Crippen LogP contribution is -2.38. The van der Waals surface area contributed by atoms with E-state index in [0.29, 0.717) is 13.1 Å². The molecule has 3 heterocycles. The van der Waals surface area contributed by atoms with Crippen LogP contribution in [0.4, 0.5) is 0 Å². The average Bonchev–Trinajstić information content (AvgIpc) is 3.29. The molecule has 0 radical (unpaired) electrons. The van der Waals surface area contributed by atoms with Crippen LogP contribution in [-0.4, -0.2) is 44.6 Å². The van der Waals surface area contributed by atoms with Gasteiger partial charge in [-0.3, -0.25) is 9.56 Å². The van der Waals surface area contributed by atoms with Gasteiger partial charge >= 0.3 is 0 Å². The van der Waals surface area contributed by atoms with Crippen molar-refractivity contribution in [1.82, 2.24) is 29.9 Å². The summed E-state index contributed by atoms with van der Waals surface area (Å²) in [5.41, 5.74) is 1.90. The molecule has 0 bridgehead atoms. The number of nitrogens with zero attached hydrogens (tertiary/aromatic N) is 6. The summed E-state index contributed by atoms with van der Waals surface area (Å²) in [7, 11) is 3.70. The molecule has 8 heteroatoms. The van der Waals surface area contributed by atoms with Gasteiger partial charge in [-0.1, -0.05) is 11.2 Å². The van der Waals surface area contributed by atoms with E-state index in [1.807, 2.05) is 40.9 Å². The van der Waals surface area contributed by atoms with Gasteiger partial charge in [-0.25, -0.2) is 9.97 Å². The van der Waals surface area contributed by atoms with Crippen molar-refractivity contribution in [3.05, 3.63) is 60.6 Å². The molecule has 3 aromatic heterocycles. The Bertz CT molecular complexity index is 781. The minimum absolute atomic E-state index is 0.594. The minimum Gasteiger partial charge on any atom is -0.364 e. The normalized spacial score (nSPS) is 11.5. The van der Waals surface area contributed by atoms with Gasteiger partial charge in [0.15, 0.2) is 5.96 Å². The Morgan fingerprint density at radius 1 is 1.38 bits per heavy atom. The maximum Gasteiger partial charge on any atom is 0.194 e. The Hall–Kier alpha value is -3.16. The van der Waals surface area contributed by atoms with Crippen LogP contribution in [0.3, 0.4) is 0 Å². The van der Waals surface area contributed by atoms with Crippen molar-refractivity contribution in [3.8, 4) is 5.82 Å². The smallest absolute Gasteiger partial charge is 0.194 e. The van der Waals surface area contributed by atoms with E-state index in [1.54, 1.807) is 32.0 Å². The van der Waals surface area contributed by atoms with Crippen LogP contribution in [0.25, 0.3) is 5.82 Å². The van der Waals surface area contributed by atoms with Gasteiger partial charge in [0.2, 0.25) is 0 Å². The highest BCUT2D eigenvalue weighted by atomic mass is 16.5. The molecule has 0 amide bonds. The molecule has 3 rings (SSSR count). The van der Waals surface area contributed by atoms with Crippen LogP contribution < -0.4 is 5.32 Å². The number of guanidine groups is 1. The van der Waals surface area contributed by atoms with Crippen molar-refractivity contribution in [3.63, 3.8) is 0 Å². The highest BCUT2D eigenvalue weighted by Crippen LogP contribution is 2.11. The van der Waals surface area contributed by atoms with Crippen molar-refractivity contribution in [2.75, 3.05) is 14.1 Å². The van der Waals surface area contributed by atoms with Crippen molar-refractivity contribution in [2.24, 2.45) is 4.99 Å². The number of nitrogens with one attached hydrogen (secondary N) is 1. The van der Waals surface area contributed by atoms with E-state index < -0.39 is 0 Å². The standard InChI is InChI=1S/C16H19N7O/c1-17-16(22(2)11-14-5-9-24-21-14)20-10-13-4-3-6-19-15(13)23-8-7-18-12-23/h3-9,12H,10-11H2,1-2H3,(H,17,20). The lowest BCUT2D eigenvalue weighted by Gasteiger charge is -2.21. The molecule has 24 heavy (non-hydrogen) atoms. The van der Waals surface area contributed by atoms with Crippen molar-refractivity contribution < 1.29 is 4.52 Å². The van der Waals surface area contributed by atoms with Crippen LogP contribution in [0.5, 0.6) is 0 Å². The van der Waals surface area contributed by atoms with Crippen LogP contribution in [0.2, 0.25) is 0 Å². The predicted molar refractivity (Wildman–Crippen MR) is 89.5 cm³/mol. The Morgan fingerprint density at radius 3 is 3.00 bits per heavy atom. The molecule has 0 aromatic carbocycles. The second kappa shape index (κ2) is 7.40. The first-order valence-electron chi connectivity index (χ1n) is 7.51. The first-order valence-corrected chi connectivity index (χ1v) is 7.51. The number of hydrogen-bond acceptors (Lipinski definition) is 5. The van der Waals surface area contributed by atoms with Crippen LogP contribution in [0.15, 0.2) is 58.9 Å². The molecule has 0 saturated carbocycles. The molecule has 0 aliphatic carbocycles. The van der Waals surface area contributed by atoms with E-state index >= 15 is 0 Å². The second-order valence-electron chi connectivity index (χ2n) is 5.20. The zero-order valence-corrected chi connectivity index (χ0v) is 13.6. The fraction of sp³-hybridized carbons (Fsp3) is 0.250. The molecule has 0 spiro atoms. The van der Waals surface area contributed by atoms with Crippen LogP contribution in [0.1, 0.15) is 11.3 Å². The predicted octanol–water partition coefficient (Wildman–Crippen LogP) is 1.46. The first-order chi connectivity index (χ1) is 11.8. The summed E-state index contributed by atoms with van der Waals surface area (Å²) in [6.45, 7) is 1.20. The summed E-state index contributed by atoms with van der Waals surface area (Å²) in [6, 6.07) is 5.78. The summed E-state index contributed by atoms with van der Waals surface area (Å²) < 4.78 is 6.75. The first kappa shape index (κ1) is 15.7. The Morgan fingerprint density at radius 2 is 2.29 bits per heavy atom. The van der Waals surface area contributed by atoms with Crippen LogP contribution in [-0.2, 0) is 13.1 Å². The highest BCUT2D eigenvalue weighted by molar-refractivity contribution is 5.79. The Kier molecular flexibility index (Phi) is 4.85. The zero-order valence-electron chi connectivity index (χ0n) is 13.6. The molecule has 0 unspecified atom stereocenters. The zero-order chi connectivity index (χ0) is 16.8. The monoisotopic (exact) mass is 325 g/mol. The molecular formula is C16H19N7O. The van der Waals surface area contributed by atoms with E-state index in [9.17, 15) is 0 Å². The molecule has 0 fully saturated rings. The molecule has 0 aliphatic heterocycles. The molecular weight excluding hydrogens is 306 g/mol. The number of aliphatic imine (C=N–C) groups is 1. The van der Waals surface area contributed by atoms with Crippen molar-refractivity contribution >= 4 is 5.96 Å². The van der Waals surface area contributed by atoms with Crippen LogP contribution in [0, 0.1) is 0 Å². The summed E-state index contributed by atoms with van der Waals surface area (Å²) in [5, 5.41) is 7.26. The van der Waals surface area contributed by atoms with Gasteiger partial charge in [-0.2, -0.15) is 0 Å².